The minimum atomic E-state index is -4.70. The lowest BCUT2D eigenvalue weighted by Crippen LogP contribution is -2.41. The Balaban J connectivity index is 1.72. The van der Waals surface area contributed by atoms with Crippen LogP contribution in [-0.4, -0.2) is 55.5 Å². The van der Waals surface area contributed by atoms with Crippen molar-refractivity contribution in [3.63, 3.8) is 0 Å². The molecular formula is C18H21F3N4O5. The second-order valence-electron chi connectivity index (χ2n) is 6.57. The minimum Gasteiger partial charge on any atom is -0.493 e. The van der Waals surface area contributed by atoms with Crippen LogP contribution in [0.3, 0.4) is 0 Å². The van der Waals surface area contributed by atoms with Crippen molar-refractivity contribution < 1.29 is 36.6 Å². The number of halogens is 3. The number of hydrogen-bond donors (Lipinski definition) is 1. The van der Waals surface area contributed by atoms with E-state index in [4.69, 9.17) is 18.6 Å². The van der Waals surface area contributed by atoms with Gasteiger partial charge in [-0.2, -0.15) is 13.2 Å². The molecule has 0 saturated carbocycles. The van der Waals surface area contributed by atoms with E-state index < -0.39 is 24.0 Å². The number of carbonyl (C=O) groups is 1. The predicted molar refractivity (Wildman–Crippen MR) is 98.0 cm³/mol. The summed E-state index contributed by atoms with van der Waals surface area (Å²) in [6.45, 7) is 0.586. The first-order valence-electron chi connectivity index (χ1n) is 9.03. The summed E-state index contributed by atoms with van der Waals surface area (Å²) in [6, 6.07) is 2.73. The fourth-order valence-corrected chi connectivity index (χ4v) is 3.23. The van der Waals surface area contributed by atoms with Crippen molar-refractivity contribution in [2.24, 2.45) is 0 Å². The molecule has 1 atom stereocenters. The number of likely N-dealkylation sites (tertiary alicyclic amines) is 1. The van der Waals surface area contributed by atoms with Gasteiger partial charge in [-0.1, -0.05) is 0 Å². The molecule has 9 nitrogen and oxygen atoms in total. The monoisotopic (exact) mass is 430 g/mol. The van der Waals surface area contributed by atoms with Crippen molar-refractivity contribution in [3.8, 4) is 17.2 Å². The quantitative estimate of drug-likeness (QED) is 0.775. The number of aromatic nitrogens is 2. The van der Waals surface area contributed by atoms with E-state index >= 15 is 0 Å². The van der Waals surface area contributed by atoms with E-state index in [9.17, 15) is 18.0 Å². The van der Waals surface area contributed by atoms with Gasteiger partial charge < -0.3 is 28.8 Å². The number of benzene rings is 1. The molecule has 2 aromatic rings. The number of nitrogens with one attached hydrogen (secondary N) is 1. The zero-order valence-electron chi connectivity index (χ0n) is 16.6. The Morgan fingerprint density at radius 1 is 1.17 bits per heavy atom. The number of ether oxygens (including phenoxy) is 3. The standard InChI is InChI=1S/C18H21F3N4O5/c1-27-12-7-11(8-13(28-2)14(12)29-3)22-17(26)25-6-4-5-10(9-25)15-23-24-16(30-15)18(19,20)21/h7-8,10H,4-6,9H2,1-3H3,(H,22,26). The maximum Gasteiger partial charge on any atom is 0.470 e. The first-order chi connectivity index (χ1) is 14.3. The second kappa shape index (κ2) is 8.67. The molecule has 0 spiro atoms. The van der Waals surface area contributed by atoms with E-state index in [0.717, 1.165) is 0 Å². The van der Waals surface area contributed by atoms with Crippen molar-refractivity contribution in [1.82, 2.24) is 15.1 Å². The zero-order chi connectivity index (χ0) is 21.9. The van der Waals surface area contributed by atoms with Gasteiger partial charge in [0.2, 0.25) is 11.6 Å². The zero-order valence-corrected chi connectivity index (χ0v) is 16.6. The summed E-state index contributed by atoms with van der Waals surface area (Å²) in [7, 11) is 4.38. The van der Waals surface area contributed by atoms with E-state index in [-0.39, 0.29) is 12.4 Å². The average molecular weight is 430 g/mol. The summed E-state index contributed by atoms with van der Waals surface area (Å²) < 4.78 is 58.6. The van der Waals surface area contributed by atoms with Crippen LogP contribution in [0.5, 0.6) is 17.2 Å². The summed E-state index contributed by atoms with van der Waals surface area (Å²) in [5, 5.41) is 9.30. The highest BCUT2D eigenvalue weighted by molar-refractivity contribution is 5.90. The van der Waals surface area contributed by atoms with E-state index in [1.165, 1.54) is 26.2 Å². The molecule has 3 rings (SSSR count). The molecule has 0 radical (unpaired) electrons. The lowest BCUT2D eigenvalue weighted by atomic mass is 9.98. The molecule has 0 aliphatic carbocycles. The third-order valence-electron chi connectivity index (χ3n) is 4.66. The predicted octanol–water partition coefficient (Wildman–Crippen LogP) is 3.53. The number of anilines is 1. The van der Waals surface area contributed by atoms with Crippen molar-refractivity contribution >= 4 is 11.7 Å². The van der Waals surface area contributed by atoms with E-state index in [2.05, 4.69) is 15.5 Å². The van der Waals surface area contributed by atoms with Crippen LogP contribution in [0.4, 0.5) is 23.7 Å². The molecule has 1 unspecified atom stereocenters. The number of urea groups is 1. The number of carbonyl (C=O) groups excluding carboxylic acids is 1. The molecule has 1 aliphatic heterocycles. The Kier molecular flexibility index (Phi) is 6.22. The second-order valence-corrected chi connectivity index (χ2v) is 6.57. The van der Waals surface area contributed by atoms with E-state index in [1.54, 1.807) is 12.1 Å². The number of nitrogens with zero attached hydrogens (tertiary/aromatic N) is 3. The maximum absolute atomic E-state index is 12.7. The van der Waals surface area contributed by atoms with Crippen LogP contribution < -0.4 is 19.5 Å². The molecule has 164 valence electrons. The van der Waals surface area contributed by atoms with Crippen LogP contribution in [0.2, 0.25) is 0 Å². The van der Waals surface area contributed by atoms with Crippen LogP contribution in [-0.2, 0) is 6.18 Å². The first kappa shape index (κ1) is 21.5. The number of hydrogen-bond acceptors (Lipinski definition) is 7. The molecule has 30 heavy (non-hydrogen) atoms. The number of rotatable bonds is 5. The highest BCUT2D eigenvalue weighted by Crippen LogP contribution is 2.40. The van der Waals surface area contributed by atoms with Gasteiger partial charge in [0.1, 0.15) is 0 Å². The van der Waals surface area contributed by atoms with Crippen molar-refractivity contribution in [2.45, 2.75) is 24.9 Å². The molecule has 1 aliphatic rings. The number of amides is 2. The molecule has 1 aromatic heterocycles. The Morgan fingerprint density at radius 2 is 1.83 bits per heavy atom. The Bertz CT molecular complexity index is 877. The van der Waals surface area contributed by atoms with Crippen LogP contribution in [0.25, 0.3) is 0 Å². The van der Waals surface area contributed by atoms with Crippen molar-refractivity contribution in [3.05, 3.63) is 23.9 Å². The topological polar surface area (TPSA) is 99.0 Å². The van der Waals surface area contributed by atoms with Crippen LogP contribution in [0.1, 0.15) is 30.5 Å². The fourth-order valence-electron chi connectivity index (χ4n) is 3.23. The first-order valence-corrected chi connectivity index (χ1v) is 9.03. The summed E-state index contributed by atoms with van der Waals surface area (Å²) >= 11 is 0. The van der Waals surface area contributed by atoms with Gasteiger partial charge in [0, 0.05) is 25.2 Å². The number of piperidine rings is 1. The molecular weight excluding hydrogens is 409 g/mol. The van der Waals surface area contributed by atoms with Gasteiger partial charge in [-0.3, -0.25) is 0 Å². The van der Waals surface area contributed by atoms with Gasteiger partial charge in [-0.05, 0) is 12.8 Å². The molecule has 1 aromatic carbocycles. The van der Waals surface area contributed by atoms with Gasteiger partial charge in [-0.15, -0.1) is 10.2 Å². The Labute approximate surface area is 170 Å². The third-order valence-corrected chi connectivity index (χ3v) is 4.66. The largest absolute Gasteiger partial charge is 0.493 e. The van der Waals surface area contributed by atoms with Crippen LogP contribution >= 0.6 is 0 Å². The third kappa shape index (κ3) is 4.52. The maximum atomic E-state index is 12.7. The highest BCUT2D eigenvalue weighted by Gasteiger charge is 2.39. The van der Waals surface area contributed by atoms with Crippen LogP contribution in [0, 0.1) is 0 Å². The van der Waals surface area contributed by atoms with Crippen LogP contribution in [0.15, 0.2) is 16.5 Å². The summed E-state index contributed by atoms with van der Waals surface area (Å²) in [4.78, 5) is 14.2. The van der Waals surface area contributed by atoms with E-state index in [0.29, 0.717) is 42.3 Å². The molecule has 2 amide bonds. The minimum absolute atomic E-state index is 0.132. The molecule has 1 fully saturated rings. The Hall–Kier alpha value is -3.18. The van der Waals surface area contributed by atoms with Crippen molar-refractivity contribution in [1.29, 1.82) is 0 Å². The Morgan fingerprint density at radius 3 is 2.37 bits per heavy atom. The molecule has 0 bridgehead atoms. The fraction of sp³-hybridized carbons (Fsp3) is 0.500. The average Bonchev–Trinajstić information content (AvgIpc) is 3.24. The lowest BCUT2D eigenvalue weighted by Gasteiger charge is -2.31. The summed E-state index contributed by atoms with van der Waals surface area (Å²) in [5.74, 6) is -0.881. The molecule has 12 heteroatoms. The van der Waals surface area contributed by atoms with E-state index in [1.807, 2.05) is 0 Å². The van der Waals surface area contributed by atoms with Crippen molar-refractivity contribution in [2.75, 3.05) is 39.7 Å². The molecule has 1 N–H and O–H groups in total. The molecule has 2 heterocycles. The SMILES string of the molecule is COc1cc(NC(=O)N2CCCC(c3nnc(C(F)(F)F)o3)C2)cc(OC)c1OC. The van der Waals surface area contributed by atoms with Gasteiger partial charge in [-0.25, -0.2) is 4.79 Å². The normalized spacial score (nSPS) is 16.9. The van der Waals surface area contributed by atoms with Gasteiger partial charge in [0.05, 0.1) is 32.9 Å². The summed E-state index contributed by atoms with van der Waals surface area (Å²) in [5.41, 5.74) is 0.411. The highest BCUT2D eigenvalue weighted by atomic mass is 19.4. The van der Waals surface area contributed by atoms with Gasteiger partial charge in [0.25, 0.3) is 0 Å². The number of alkyl halides is 3. The number of methoxy groups -OCH3 is 3. The van der Waals surface area contributed by atoms with Gasteiger partial charge in [0.15, 0.2) is 11.5 Å². The smallest absolute Gasteiger partial charge is 0.470 e. The summed E-state index contributed by atoms with van der Waals surface area (Å²) in [6.07, 6.45) is -3.59. The van der Waals surface area contributed by atoms with Gasteiger partial charge >= 0.3 is 18.1 Å². The molecule has 1 saturated heterocycles. The lowest BCUT2D eigenvalue weighted by molar-refractivity contribution is -0.157.